The lowest BCUT2D eigenvalue weighted by molar-refractivity contribution is -0.385. The Morgan fingerprint density at radius 2 is 1.38 bits per heavy atom. The van der Waals surface area contributed by atoms with E-state index in [9.17, 15) is 25.0 Å². The van der Waals surface area contributed by atoms with E-state index >= 15 is 0 Å². The number of amides is 1. The first-order valence-electron chi connectivity index (χ1n) is 14.1. The quantitative estimate of drug-likeness (QED) is 0.321. The first kappa shape index (κ1) is 34.9. The van der Waals surface area contributed by atoms with Gasteiger partial charge in [0.1, 0.15) is 11.3 Å². The van der Waals surface area contributed by atoms with E-state index in [1.807, 2.05) is 46.8 Å². The minimum atomic E-state index is -0.406. The van der Waals surface area contributed by atoms with Crippen LogP contribution in [0, 0.1) is 34.1 Å². The zero-order chi connectivity index (χ0) is 31.3. The molecule has 2 aliphatic rings. The molecule has 0 spiro atoms. The molecule has 2 aliphatic heterocycles. The summed E-state index contributed by atoms with van der Waals surface area (Å²) in [6, 6.07) is 10.2. The third-order valence-electron chi connectivity index (χ3n) is 6.43. The molecule has 0 unspecified atom stereocenters. The fourth-order valence-electron chi connectivity index (χ4n) is 4.40. The smallest absolute Gasteiger partial charge is 0.410 e. The third-order valence-corrected chi connectivity index (χ3v) is 7.46. The van der Waals surface area contributed by atoms with Gasteiger partial charge in [-0.2, -0.15) is 0 Å². The Hall–Kier alpha value is -3.29. The number of para-hydroxylation sites is 1. The van der Waals surface area contributed by atoms with Crippen LogP contribution in [-0.4, -0.2) is 78.8 Å². The highest BCUT2D eigenvalue weighted by Gasteiger charge is 2.23. The minimum Gasteiger partial charge on any atom is -0.444 e. The lowest BCUT2D eigenvalue weighted by Gasteiger charge is -2.26. The molecule has 2 aromatic carbocycles. The van der Waals surface area contributed by atoms with Crippen molar-refractivity contribution in [1.29, 1.82) is 0 Å². The van der Waals surface area contributed by atoms with Crippen LogP contribution < -0.4 is 15.5 Å². The van der Waals surface area contributed by atoms with Crippen LogP contribution in [-0.2, 0) is 4.74 Å². The van der Waals surface area contributed by atoms with Crippen LogP contribution in [0.3, 0.4) is 0 Å². The highest BCUT2D eigenvalue weighted by Crippen LogP contribution is 2.31. The Morgan fingerprint density at radius 3 is 1.95 bits per heavy atom. The van der Waals surface area contributed by atoms with Gasteiger partial charge in [0.25, 0.3) is 11.4 Å². The summed E-state index contributed by atoms with van der Waals surface area (Å²) in [6.45, 7) is 16.4. The largest absolute Gasteiger partial charge is 0.444 e. The predicted molar refractivity (Wildman–Crippen MR) is 168 cm³/mol. The van der Waals surface area contributed by atoms with Gasteiger partial charge in [0.2, 0.25) is 0 Å². The zero-order valence-corrected chi connectivity index (χ0v) is 26.7. The molecule has 42 heavy (non-hydrogen) atoms. The highest BCUT2D eigenvalue weighted by atomic mass is 79.9. The molecule has 2 heterocycles. The van der Waals surface area contributed by atoms with Crippen LogP contribution in [0.4, 0.5) is 21.9 Å². The molecular weight excluding hydrogens is 608 g/mol. The Morgan fingerprint density at radius 1 is 0.833 bits per heavy atom. The number of benzene rings is 2. The number of carbonyl (C=O) groups excluding carboxylic acids is 1. The molecule has 2 fully saturated rings. The van der Waals surface area contributed by atoms with Crippen molar-refractivity contribution in [2.75, 3.05) is 57.3 Å². The van der Waals surface area contributed by atoms with E-state index in [1.165, 1.54) is 6.07 Å². The fraction of sp³-hybridized carbons (Fsp3) is 0.552. The molecule has 0 aromatic heterocycles. The van der Waals surface area contributed by atoms with Crippen LogP contribution in [0.1, 0.15) is 44.7 Å². The molecule has 0 bridgehead atoms. The number of nitro benzene ring substituents is 2. The van der Waals surface area contributed by atoms with E-state index in [0.717, 1.165) is 82.0 Å². The summed E-state index contributed by atoms with van der Waals surface area (Å²) in [5.74, 6) is 0. The number of nitrogens with zero attached hydrogens (tertiary/aromatic N) is 4. The van der Waals surface area contributed by atoms with Crippen molar-refractivity contribution in [2.24, 2.45) is 0 Å². The fourth-order valence-corrected chi connectivity index (χ4v) is 4.81. The van der Waals surface area contributed by atoms with Gasteiger partial charge in [-0.1, -0.05) is 24.3 Å². The molecule has 1 amide bonds. The van der Waals surface area contributed by atoms with Gasteiger partial charge in [0, 0.05) is 51.4 Å². The van der Waals surface area contributed by atoms with Crippen molar-refractivity contribution in [3.8, 4) is 0 Å². The molecular formula is C29H43BrN6O6. The first-order valence-corrected chi connectivity index (χ1v) is 14.9. The number of rotatable bonds is 3. The standard InChI is InChI=1S/C12H17N3O2.C10H20N2O2.C7H6BrNO2/c1-10-4-2-5-11(15(16)17)12(10)14-8-3-6-13-7-9-14;1-10(2,3)14-9(13)12-7-4-5-11-6-8-12;1-5-3-2-4-6(7(5)8)9(10)11/h2,4-5,13H,3,6-9H2,1H3;11H,4-8H2,1-3H3;2-4H,1H3. The van der Waals surface area contributed by atoms with E-state index in [2.05, 4.69) is 31.5 Å². The number of ether oxygens (including phenoxy) is 1. The summed E-state index contributed by atoms with van der Waals surface area (Å²) in [5.41, 5.74) is 2.56. The van der Waals surface area contributed by atoms with Crippen molar-refractivity contribution in [3.05, 3.63) is 72.2 Å². The number of anilines is 1. The molecule has 0 aliphatic carbocycles. The van der Waals surface area contributed by atoms with Crippen molar-refractivity contribution in [3.63, 3.8) is 0 Å². The lowest BCUT2D eigenvalue weighted by Crippen LogP contribution is -2.38. The molecule has 0 atom stereocenters. The van der Waals surface area contributed by atoms with Crippen molar-refractivity contribution >= 4 is 39.1 Å². The zero-order valence-electron chi connectivity index (χ0n) is 25.2. The van der Waals surface area contributed by atoms with Gasteiger partial charge < -0.3 is 25.2 Å². The Kier molecular flexibility index (Phi) is 14.1. The first-order chi connectivity index (χ1) is 19.8. The summed E-state index contributed by atoms with van der Waals surface area (Å²) in [6.07, 6.45) is 1.83. The van der Waals surface area contributed by atoms with Crippen molar-refractivity contribution in [2.45, 2.75) is 53.1 Å². The summed E-state index contributed by atoms with van der Waals surface area (Å²) in [4.78, 5) is 36.2. The average Bonchev–Trinajstić information content (AvgIpc) is 3.36. The second-order valence-electron chi connectivity index (χ2n) is 11.0. The van der Waals surface area contributed by atoms with Gasteiger partial charge in [-0.05, 0) is 87.6 Å². The average molecular weight is 652 g/mol. The van der Waals surface area contributed by atoms with Crippen molar-refractivity contribution in [1.82, 2.24) is 15.5 Å². The molecule has 0 radical (unpaired) electrons. The van der Waals surface area contributed by atoms with Crippen molar-refractivity contribution < 1.29 is 19.4 Å². The third kappa shape index (κ3) is 11.5. The number of hydrogen-bond donors (Lipinski definition) is 2. The SMILES string of the molecule is CC(C)(C)OC(=O)N1CCCNCC1.Cc1cccc([N+](=O)[O-])c1Br.Cc1cccc([N+](=O)[O-])c1N1CCCNCC1. The number of carbonyl (C=O) groups is 1. The van der Waals surface area contributed by atoms with Gasteiger partial charge in [0.05, 0.1) is 14.3 Å². The summed E-state index contributed by atoms with van der Waals surface area (Å²) < 4.78 is 5.85. The van der Waals surface area contributed by atoms with E-state index in [0.29, 0.717) is 4.47 Å². The summed E-state index contributed by atoms with van der Waals surface area (Å²) >= 11 is 3.14. The highest BCUT2D eigenvalue weighted by molar-refractivity contribution is 9.10. The van der Waals surface area contributed by atoms with Gasteiger partial charge in [-0.3, -0.25) is 20.2 Å². The van der Waals surface area contributed by atoms with Crippen LogP contribution in [0.2, 0.25) is 0 Å². The number of nitro groups is 2. The molecule has 232 valence electrons. The molecule has 4 rings (SSSR count). The van der Waals surface area contributed by atoms with Crippen LogP contribution in [0.15, 0.2) is 40.9 Å². The van der Waals surface area contributed by atoms with Crippen LogP contribution in [0.5, 0.6) is 0 Å². The lowest BCUT2D eigenvalue weighted by atomic mass is 10.1. The number of hydrogen-bond acceptors (Lipinski definition) is 9. The van der Waals surface area contributed by atoms with Gasteiger partial charge in [0.15, 0.2) is 0 Å². The monoisotopic (exact) mass is 650 g/mol. The number of halogens is 1. The minimum absolute atomic E-state index is 0.116. The summed E-state index contributed by atoms with van der Waals surface area (Å²) in [7, 11) is 0. The molecule has 12 nitrogen and oxygen atoms in total. The maximum Gasteiger partial charge on any atom is 0.410 e. The van der Waals surface area contributed by atoms with Gasteiger partial charge in [-0.25, -0.2) is 4.79 Å². The van der Waals surface area contributed by atoms with E-state index < -0.39 is 10.5 Å². The molecule has 2 aromatic rings. The Bertz CT molecular complexity index is 1190. The van der Waals surface area contributed by atoms with E-state index in [1.54, 1.807) is 23.1 Å². The maximum absolute atomic E-state index is 11.6. The number of nitrogens with one attached hydrogen (secondary N) is 2. The van der Waals surface area contributed by atoms with E-state index in [4.69, 9.17) is 4.74 Å². The normalized spacial score (nSPS) is 15.6. The van der Waals surface area contributed by atoms with Gasteiger partial charge >= 0.3 is 6.09 Å². The molecule has 13 heteroatoms. The predicted octanol–water partition coefficient (Wildman–Crippen LogP) is 5.59. The van der Waals surface area contributed by atoms with Crippen LogP contribution in [0.25, 0.3) is 0 Å². The maximum atomic E-state index is 11.6. The van der Waals surface area contributed by atoms with Gasteiger partial charge in [-0.15, -0.1) is 0 Å². The Labute approximate surface area is 256 Å². The topological polar surface area (TPSA) is 143 Å². The summed E-state index contributed by atoms with van der Waals surface area (Å²) in [5, 5.41) is 28.0. The van der Waals surface area contributed by atoms with E-state index in [-0.39, 0.29) is 22.4 Å². The Balaban J connectivity index is 0.000000226. The number of aryl methyl sites for hydroxylation is 2. The molecule has 0 saturated carbocycles. The molecule has 2 saturated heterocycles. The molecule has 2 N–H and O–H groups in total. The van der Waals surface area contributed by atoms with Crippen LogP contribution >= 0.6 is 15.9 Å². The second kappa shape index (κ2) is 17.0. The second-order valence-corrected chi connectivity index (χ2v) is 11.8.